The lowest BCUT2D eigenvalue weighted by Crippen LogP contribution is -2.76. The first-order chi connectivity index (χ1) is 28.4. The maximum atomic E-state index is 14.4. The number of aromatic hydroxyl groups is 1. The maximum Gasteiger partial charge on any atom is 0.266 e. The summed E-state index contributed by atoms with van der Waals surface area (Å²) in [7, 11) is 0. The number of hydrogen-bond donors (Lipinski definition) is 4. The molecule has 3 aromatic carbocycles. The molecule has 0 aromatic heterocycles. The van der Waals surface area contributed by atoms with Crippen LogP contribution in [0.3, 0.4) is 0 Å². The van der Waals surface area contributed by atoms with Crippen LogP contribution in [-0.4, -0.2) is 113 Å². The Morgan fingerprint density at radius 3 is 2.14 bits per heavy atom. The van der Waals surface area contributed by atoms with Crippen molar-refractivity contribution in [1.29, 1.82) is 0 Å². The van der Waals surface area contributed by atoms with E-state index in [1.54, 1.807) is 42.5 Å². The van der Waals surface area contributed by atoms with Gasteiger partial charge in [-0.3, -0.25) is 19.3 Å². The van der Waals surface area contributed by atoms with Crippen LogP contribution in [0.1, 0.15) is 67.1 Å². The van der Waals surface area contributed by atoms with E-state index in [0.717, 1.165) is 37.8 Å². The van der Waals surface area contributed by atoms with Gasteiger partial charge in [-0.25, -0.2) is 0 Å². The summed E-state index contributed by atoms with van der Waals surface area (Å²) in [5.74, 6) is 0.0248. The summed E-state index contributed by atoms with van der Waals surface area (Å²) in [6, 6.07) is 22.0. The Bertz CT molecular complexity index is 2080. The quantitative estimate of drug-likeness (QED) is 0.136. The lowest BCUT2D eigenvalue weighted by molar-refractivity contribution is -0.181. The highest BCUT2D eigenvalue weighted by molar-refractivity contribution is 6.32. The van der Waals surface area contributed by atoms with Crippen molar-refractivity contribution in [2.45, 2.75) is 56.0 Å². The van der Waals surface area contributed by atoms with Crippen LogP contribution in [0.5, 0.6) is 11.5 Å². The van der Waals surface area contributed by atoms with Crippen LogP contribution < -0.4 is 21.9 Å². The number of rotatable bonds is 14. The number of halogens is 1. The second-order valence-electron chi connectivity index (χ2n) is 16.5. The molecule has 1 atom stereocenters. The summed E-state index contributed by atoms with van der Waals surface area (Å²) >= 11 is 6.54. The highest BCUT2D eigenvalue weighted by atomic mass is 35.5. The number of hydrogen-bond acceptors (Lipinski definition) is 10. The van der Waals surface area contributed by atoms with Crippen molar-refractivity contribution < 1.29 is 29.0 Å². The molecule has 3 amide bonds. The van der Waals surface area contributed by atoms with Gasteiger partial charge in [-0.2, -0.15) is 0 Å². The van der Waals surface area contributed by atoms with Crippen molar-refractivity contribution >= 4 is 41.3 Å². The van der Waals surface area contributed by atoms with Gasteiger partial charge in [0.1, 0.15) is 17.8 Å². The first kappa shape index (κ1) is 41.6. The van der Waals surface area contributed by atoms with Crippen LogP contribution in [0.4, 0.5) is 0 Å². The van der Waals surface area contributed by atoms with Gasteiger partial charge in [0.05, 0.1) is 23.2 Å². The third-order valence-electron chi connectivity index (χ3n) is 12.6. The molecule has 0 saturated carbocycles. The van der Waals surface area contributed by atoms with Crippen LogP contribution in [0, 0.1) is 5.41 Å². The summed E-state index contributed by atoms with van der Waals surface area (Å²) in [5, 5.41) is 10.7. The molecule has 0 bridgehead atoms. The molecule has 0 radical (unpaired) electrons. The number of ether oxygens (including phenoxy) is 1. The SMILES string of the molecule is N/C=C(\C=C(/N)c1ccccc1O)N1CCC(Oc2ccccc2Cl)(C(=O)N2CC3(CN(C(=O)CN4CCC(c5ccc(C(CCC=O)C(N)=O)cc5)CC4)C3)C2)CC1. The molecule has 4 heterocycles. The molecule has 14 heteroatoms. The molecule has 312 valence electrons. The molecule has 59 heavy (non-hydrogen) atoms. The molecule has 1 spiro atoms. The molecule has 3 aromatic rings. The minimum atomic E-state index is -1.15. The smallest absolute Gasteiger partial charge is 0.266 e. The van der Waals surface area contributed by atoms with Gasteiger partial charge in [0.2, 0.25) is 11.8 Å². The number of primary amides is 1. The Balaban J connectivity index is 0.909. The standard InChI is InChI=1S/C45H54ClN7O6/c46-37-8-2-4-10-40(37)59-45(17-21-51(22-18-45)34(25-47)24-38(48)36-6-1-3-9-39(36)55)43(58)53-29-44(30-53)27-52(28-44)41(56)26-50-19-15-32(16-20-50)31-11-13-33(14-12-31)35(42(49)57)7-5-23-54/h1-4,6,8-14,23-25,32,35,55H,5,7,15-22,26-30,47-48H2,(H2,49,57)/b34-25+,38-24-. The normalized spacial score (nSPS) is 20.1. The molecule has 7 rings (SSSR count). The van der Waals surface area contributed by atoms with Crippen LogP contribution in [0.2, 0.25) is 5.02 Å². The van der Waals surface area contributed by atoms with E-state index in [1.165, 1.54) is 11.8 Å². The second kappa shape index (κ2) is 17.8. The summed E-state index contributed by atoms with van der Waals surface area (Å²) in [6.07, 6.45) is 7.35. The van der Waals surface area contributed by atoms with Gasteiger partial charge in [0.25, 0.3) is 5.91 Å². The number of phenols is 1. The third-order valence-corrected chi connectivity index (χ3v) is 12.9. The van der Waals surface area contributed by atoms with E-state index in [2.05, 4.69) is 21.9 Å². The summed E-state index contributed by atoms with van der Waals surface area (Å²) in [6.45, 7) is 5.31. The number of carbonyl (C=O) groups is 4. The number of piperidine rings is 2. The van der Waals surface area contributed by atoms with Gasteiger partial charge >= 0.3 is 0 Å². The lowest BCUT2D eigenvalue weighted by atomic mass is 9.71. The average Bonchev–Trinajstić information content (AvgIpc) is 3.20. The molecular weight excluding hydrogens is 770 g/mol. The van der Waals surface area contributed by atoms with Gasteiger partial charge in [-0.1, -0.05) is 60.1 Å². The Kier molecular flexibility index (Phi) is 12.5. The van der Waals surface area contributed by atoms with Crippen LogP contribution in [0.15, 0.2) is 90.8 Å². The minimum Gasteiger partial charge on any atom is -0.507 e. The van der Waals surface area contributed by atoms with Crippen molar-refractivity contribution in [3.63, 3.8) is 0 Å². The van der Waals surface area contributed by atoms with Crippen molar-refractivity contribution in [3.05, 3.63) is 112 Å². The number of aldehydes is 1. The molecule has 4 aliphatic heterocycles. The zero-order valence-electron chi connectivity index (χ0n) is 33.3. The maximum absolute atomic E-state index is 14.4. The molecule has 1 unspecified atom stereocenters. The van der Waals surface area contributed by atoms with Crippen molar-refractivity contribution in [2.75, 3.05) is 58.9 Å². The number of carbonyl (C=O) groups excluding carboxylic acids is 4. The zero-order valence-corrected chi connectivity index (χ0v) is 34.1. The Labute approximate surface area is 350 Å². The fraction of sp³-hybridized carbons (Fsp3) is 0.422. The van der Waals surface area contributed by atoms with Gasteiger partial charge in [-0.05, 0) is 79.7 Å². The number of likely N-dealkylation sites (tertiary alicyclic amines) is 4. The summed E-state index contributed by atoms with van der Waals surface area (Å²) < 4.78 is 6.58. The van der Waals surface area contributed by atoms with E-state index >= 15 is 0 Å². The van der Waals surface area contributed by atoms with Crippen LogP contribution >= 0.6 is 11.6 Å². The third kappa shape index (κ3) is 9.06. The number of phenolic OH excluding ortho intramolecular Hbond substituents is 1. The van der Waals surface area contributed by atoms with E-state index in [-0.39, 0.29) is 23.0 Å². The van der Waals surface area contributed by atoms with Gasteiger partial charge in [-0.15, -0.1) is 0 Å². The Morgan fingerprint density at radius 1 is 0.864 bits per heavy atom. The van der Waals surface area contributed by atoms with E-state index in [9.17, 15) is 24.3 Å². The molecule has 4 fully saturated rings. The van der Waals surface area contributed by atoms with E-state index < -0.39 is 17.4 Å². The molecule has 4 saturated heterocycles. The molecule has 7 N–H and O–H groups in total. The highest BCUT2D eigenvalue weighted by Gasteiger charge is 2.58. The Hall–Kier alpha value is -5.53. The first-order valence-corrected chi connectivity index (χ1v) is 20.8. The number of nitrogens with zero attached hydrogens (tertiary/aromatic N) is 4. The van der Waals surface area contributed by atoms with Gasteiger partial charge < -0.3 is 46.5 Å². The zero-order chi connectivity index (χ0) is 41.7. The van der Waals surface area contributed by atoms with Crippen LogP contribution in [-0.2, 0) is 19.2 Å². The largest absolute Gasteiger partial charge is 0.507 e. The van der Waals surface area contributed by atoms with Crippen molar-refractivity contribution in [3.8, 4) is 11.5 Å². The van der Waals surface area contributed by atoms with Crippen molar-refractivity contribution in [2.24, 2.45) is 22.6 Å². The van der Waals surface area contributed by atoms with E-state index in [4.69, 9.17) is 33.5 Å². The first-order valence-electron chi connectivity index (χ1n) is 20.4. The predicted molar refractivity (Wildman–Crippen MR) is 226 cm³/mol. The second-order valence-corrected chi connectivity index (χ2v) is 17.0. The summed E-state index contributed by atoms with van der Waals surface area (Å²) in [4.78, 5) is 58.7. The number of benzene rings is 3. The molecule has 4 aliphatic rings. The lowest BCUT2D eigenvalue weighted by Gasteiger charge is -2.61. The topological polar surface area (TPSA) is 189 Å². The fourth-order valence-electron chi connectivity index (χ4n) is 9.18. The number of amides is 3. The number of para-hydroxylation sites is 2. The monoisotopic (exact) mass is 823 g/mol. The molecule has 13 nitrogen and oxygen atoms in total. The van der Waals surface area contributed by atoms with Crippen LogP contribution in [0.25, 0.3) is 5.70 Å². The van der Waals surface area contributed by atoms with Crippen molar-refractivity contribution in [1.82, 2.24) is 19.6 Å². The van der Waals surface area contributed by atoms with Gasteiger partial charge in [0.15, 0.2) is 5.60 Å². The summed E-state index contributed by atoms with van der Waals surface area (Å²) in [5.41, 5.74) is 20.4. The van der Waals surface area contributed by atoms with Gasteiger partial charge in [0, 0.05) is 81.4 Å². The Morgan fingerprint density at radius 2 is 1.51 bits per heavy atom. The van der Waals surface area contributed by atoms with E-state index in [1.807, 2.05) is 34.1 Å². The predicted octanol–water partition coefficient (Wildman–Crippen LogP) is 4.16. The minimum absolute atomic E-state index is 0.0729. The number of nitrogens with two attached hydrogens (primary N) is 3. The molecule has 0 aliphatic carbocycles. The number of allylic oxidation sites excluding steroid dienone is 1. The molecular formula is C45H54ClN7O6. The van der Waals surface area contributed by atoms with E-state index in [0.29, 0.717) is 105 Å². The fourth-order valence-corrected chi connectivity index (χ4v) is 9.36. The highest BCUT2D eigenvalue weighted by Crippen LogP contribution is 2.43. The average molecular weight is 824 g/mol.